The monoisotopic (exact) mass is 403 g/mol. The summed E-state index contributed by atoms with van der Waals surface area (Å²) in [7, 11) is 5.81. The Balaban J connectivity index is 1.67. The molecule has 1 spiro atoms. The first-order valence-corrected chi connectivity index (χ1v) is 10.3. The molecule has 0 radical (unpaired) electrons. The number of fused-ring (bicyclic) bond motifs is 2. The van der Waals surface area contributed by atoms with Crippen LogP contribution in [0.2, 0.25) is 0 Å². The van der Waals surface area contributed by atoms with Crippen molar-refractivity contribution in [2.24, 2.45) is 5.41 Å². The van der Waals surface area contributed by atoms with E-state index in [1.807, 2.05) is 44.1 Å². The van der Waals surface area contributed by atoms with Gasteiger partial charge in [-0.2, -0.15) is 0 Å². The maximum Gasteiger partial charge on any atom is 0.260 e. The van der Waals surface area contributed by atoms with Crippen LogP contribution >= 0.6 is 11.8 Å². The Morgan fingerprint density at radius 1 is 1.18 bits per heavy atom. The van der Waals surface area contributed by atoms with Crippen molar-refractivity contribution in [2.75, 3.05) is 34.5 Å². The van der Waals surface area contributed by atoms with E-state index in [-0.39, 0.29) is 30.1 Å². The lowest BCUT2D eigenvalue weighted by molar-refractivity contribution is -0.159. The van der Waals surface area contributed by atoms with Gasteiger partial charge in [0.25, 0.3) is 11.8 Å². The van der Waals surface area contributed by atoms with E-state index in [1.54, 1.807) is 11.9 Å². The second-order valence-corrected chi connectivity index (χ2v) is 10.7. The zero-order valence-corrected chi connectivity index (χ0v) is 17.6. The highest BCUT2D eigenvalue weighted by molar-refractivity contribution is 8.04. The molecule has 0 aromatic heterocycles. The summed E-state index contributed by atoms with van der Waals surface area (Å²) in [6.45, 7) is 5.03. The topological polar surface area (TPSA) is 62.3 Å². The molecule has 28 heavy (non-hydrogen) atoms. The van der Waals surface area contributed by atoms with Crippen molar-refractivity contribution in [1.29, 1.82) is 0 Å². The van der Waals surface area contributed by atoms with E-state index in [9.17, 15) is 9.59 Å². The summed E-state index contributed by atoms with van der Waals surface area (Å²) >= 11 is 1.51. The first kappa shape index (κ1) is 18.1. The van der Waals surface area contributed by atoms with Crippen molar-refractivity contribution in [1.82, 2.24) is 14.7 Å². The zero-order valence-electron chi connectivity index (χ0n) is 16.8. The molecular formula is C20H25N3O4S. The third-order valence-electron chi connectivity index (χ3n) is 6.60. The predicted octanol–water partition coefficient (Wildman–Crippen LogP) is 1.89. The molecule has 3 fully saturated rings. The number of piperazine rings is 1. The van der Waals surface area contributed by atoms with Crippen LogP contribution in [0.5, 0.6) is 11.5 Å². The van der Waals surface area contributed by atoms with Gasteiger partial charge in [0.1, 0.15) is 0 Å². The molecule has 8 heteroatoms. The van der Waals surface area contributed by atoms with Gasteiger partial charge in [0, 0.05) is 19.0 Å². The normalized spacial score (nSPS) is 38.1. The van der Waals surface area contributed by atoms with E-state index in [0.717, 1.165) is 17.9 Å². The highest BCUT2D eigenvalue weighted by Crippen LogP contribution is 2.69. The number of carbonyl (C=O) groups excluding carboxylic acids is 2. The number of carbonyl (C=O) groups is 2. The molecule has 150 valence electrons. The second-order valence-electron chi connectivity index (χ2n) is 8.99. The van der Waals surface area contributed by atoms with Gasteiger partial charge in [0.05, 0.1) is 6.04 Å². The number of hydrogen-bond acceptors (Lipinski definition) is 6. The molecule has 7 nitrogen and oxygen atoms in total. The summed E-state index contributed by atoms with van der Waals surface area (Å²) in [6, 6.07) is 5.68. The Morgan fingerprint density at radius 3 is 2.61 bits per heavy atom. The van der Waals surface area contributed by atoms with Crippen molar-refractivity contribution in [3.63, 3.8) is 0 Å². The molecule has 2 unspecified atom stereocenters. The van der Waals surface area contributed by atoms with Gasteiger partial charge >= 0.3 is 0 Å². The van der Waals surface area contributed by atoms with Gasteiger partial charge in [-0.15, -0.1) is 0 Å². The first-order chi connectivity index (χ1) is 13.1. The molecule has 5 rings (SSSR count). The molecule has 0 saturated carbocycles. The Kier molecular flexibility index (Phi) is 3.47. The Hall–Kier alpha value is -1.93. The third kappa shape index (κ3) is 2.00. The van der Waals surface area contributed by atoms with Crippen LogP contribution in [-0.4, -0.2) is 70.7 Å². The third-order valence-corrected chi connectivity index (χ3v) is 8.30. The molecule has 2 bridgehead atoms. The summed E-state index contributed by atoms with van der Waals surface area (Å²) in [5, 5.41) is 0. The number of amides is 2. The van der Waals surface area contributed by atoms with Crippen LogP contribution in [0.25, 0.3) is 0 Å². The van der Waals surface area contributed by atoms with Gasteiger partial charge in [0.15, 0.2) is 21.2 Å². The molecule has 2 amide bonds. The summed E-state index contributed by atoms with van der Waals surface area (Å²) in [5.41, 5.74) is 0.716. The fourth-order valence-electron chi connectivity index (χ4n) is 5.60. The average Bonchev–Trinajstić information content (AvgIpc) is 3.27. The van der Waals surface area contributed by atoms with Crippen molar-refractivity contribution < 1.29 is 19.1 Å². The first-order valence-electron chi connectivity index (χ1n) is 9.49. The summed E-state index contributed by atoms with van der Waals surface area (Å²) in [6.07, 6.45) is 0.631. The summed E-state index contributed by atoms with van der Waals surface area (Å²) < 4.78 is 11.0. The van der Waals surface area contributed by atoms with Crippen LogP contribution in [0.15, 0.2) is 18.2 Å². The fraction of sp³-hybridized carbons (Fsp3) is 0.600. The van der Waals surface area contributed by atoms with E-state index in [2.05, 4.69) is 11.8 Å². The Morgan fingerprint density at radius 2 is 1.89 bits per heavy atom. The molecule has 0 aliphatic carbocycles. The quantitative estimate of drug-likeness (QED) is 0.768. The number of hydrogen-bond donors (Lipinski definition) is 0. The van der Waals surface area contributed by atoms with E-state index < -0.39 is 9.74 Å². The number of benzene rings is 1. The minimum absolute atomic E-state index is 0.0183. The summed E-state index contributed by atoms with van der Waals surface area (Å²) in [5.74, 6) is 1.47. The van der Waals surface area contributed by atoms with Crippen molar-refractivity contribution in [3.8, 4) is 11.5 Å². The van der Waals surface area contributed by atoms with Gasteiger partial charge in [-0.25, -0.2) is 0 Å². The van der Waals surface area contributed by atoms with Crippen molar-refractivity contribution in [2.45, 2.75) is 36.1 Å². The van der Waals surface area contributed by atoms with Gasteiger partial charge in [-0.1, -0.05) is 24.8 Å². The highest BCUT2D eigenvalue weighted by atomic mass is 32.2. The molecule has 4 aliphatic rings. The van der Waals surface area contributed by atoms with Crippen molar-refractivity contribution >= 4 is 23.6 Å². The maximum absolute atomic E-state index is 13.6. The molecule has 3 saturated heterocycles. The van der Waals surface area contributed by atoms with Crippen molar-refractivity contribution in [3.05, 3.63) is 23.8 Å². The van der Waals surface area contributed by atoms with Gasteiger partial charge in [-0.3, -0.25) is 9.59 Å². The fourth-order valence-corrected chi connectivity index (χ4v) is 7.58. The minimum atomic E-state index is -0.828. The van der Waals surface area contributed by atoms with E-state index in [1.165, 1.54) is 11.8 Å². The smallest absolute Gasteiger partial charge is 0.260 e. The number of thioether (sulfide) groups is 1. The number of rotatable bonds is 3. The van der Waals surface area contributed by atoms with Gasteiger partial charge in [0.2, 0.25) is 6.79 Å². The van der Waals surface area contributed by atoms with E-state index in [0.29, 0.717) is 12.2 Å². The van der Waals surface area contributed by atoms with Crippen LogP contribution in [0, 0.1) is 5.41 Å². The molecule has 4 heterocycles. The van der Waals surface area contributed by atoms with Crippen LogP contribution in [0.3, 0.4) is 0 Å². The molecule has 1 aromatic rings. The Bertz CT molecular complexity index is 907. The minimum Gasteiger partial charge on any atom is -0.454 e. The largest absolute Gasteiger partial charge is 0.454 e. The van der Waals surface area contributed by atoms with Crippen LogP contribution in [-0.2, 0) is 9.59 Å². The lowest BCUT2D eigenvalue weighted by atomic mass is 9.77. The number of likely N-dealkylation sites (N-methyl/N-ethyl adjacent to an activating group) is 1. The SMILES string of the molecule is CN(C)C[C@@]1(C)CC23SC(C)(C(=O)N2[C@H]1c1ccc2c(c1)OCO2)N(C)C3=O. The lowest BCUT2D eigenvalue weighted by Crippen LogP contribution is -2.60. The zero-order chi connectivity index (χ0) is 20.1. The predicted molar refractivity (Wildman–Crippen MR) is 105 cm³/mol. The van der Waals surface area contributed by atoms with Crippen LogP contribution in [0.1, 0.15) is 31.9 Å². The van der Waals surface area contributed by atoms with Gasteiger partial charge < -0.3 is 24.2 Å². The number of nitrogens with zero attached hydrogens (tertiary/aromatic N) is 3. The lowest BCUT2D eigenvalue weighted by Gasteiger charge is -2.41. The van der Waals surface area contributed by atoms with Crippen LogP contribution in [0.4, 0.5) is 0 Å². The second kappa shape index (κ2) is 5.36. The van der Waals surface area contributed by atoms with Gasteiger partial charge in [-0.05, 0) is 45.1 Å². The summed E-state index contributed by atoms with van der Waals surface area (Å²) in [4.78, 5) is 30.9. The number of ether oxygens (including phenoxy) is 2. The molecular weight excluding hydrogens is 378 g/mol. The van der Waals surface area contributed by atoms with E-state index >= 15 is 0 Å². The molecule has 0 N–H and O–H groups in total. The molecule has 1 aromatic carbocycles. The maximum atomic E-state index is 13.6. The Labute approximate surface area is 168 Å². The van der Waals surface area contributed by atoms with E-state index in [4.69, 9.17) is 9.47 Å². The molecule has 4 aliphatic heterocycles. The molecule has 4 atom stereocenters. The highest BCUT2D eigenvalue weighted by Gasteiger charge is 2.78. The van der Waals surface area contributed by atoms with Crippen LogP contribution < -0.4 is 9.47 Å². The standard InChI is InChI=1S/C20H25N3O4S/c1-18(10-21(3)4)9-20-17(25)22(5)19(2,28-20)16(24)23(20)15(18)12-6-7-13-14(8-12)27-11-26-13/h6-8,15H,9-11H2,1-5H3/t15-,18+,19?,20?/m0/s1. The average molecular weight is 404 g/mol.